The van der Waals surface area contributed by atoms with Gasteiger partial charge in [0.1, 0.15) is 0 Å². The first-order valence-electron chi connectivity index (χ1n) is 9.23. The van der Waals surface area contributed by atoms with Crippen molar-refractivity contribution in [3.63, 3.8) is 0 Å². The maximum absolute atomic E-state index is 12.3. The van der Waals surface area contributed by atoms with Gasteiger partial charge in [0.05, 0.1) is 6.54 Å². The molecule has 4 aromatic rings. The number of rotatable bonds is 6. The second-order valence-corrected chi connectivity index (χ2v) is 6.31. The lowest BCUT2D eigenvalue weighted by molar-refractivity contribution is -0.114. The minimum atomic E-state index is -0.181. The molecule has 142 valence electrons. The zero-order valence-electron chi connectivity index (χ0n) is 15.6. The zero-order valence-corrected chi connectivity index (χ0v) is 15.6. The Bertz CT molecular complexity index is 1030. The van der Waals surface area contributed by atoms with Crippen molar-refractivity contribution in [2.45, 2.75) is 0 Å². The van der Waals surface area contributed by atoms with Crippen molar-refractivity contribution < 1.29 is 4.79 Å². The molecule has 0 bridgehead atoms. The second-order valence-electron chi connectivity index (χ2n) is 6.31. The van der Waals surface area contributed by atoms with Gasteiger partial charge in [0.15, 0.2) is 11.6 Å². The number of nitrogens with one attached hydrogen (secondary N) is 2. The van der Waals surface area contributed by atoms with Crippen molar-refractivity contribution in [3.8, 4) is 22.8 Å². The van der Waals surface area contributed by atoms with Crippen LogP contribution in [-0.4, -0.2) is 27.4 Å². The van der Waals surface area contributed by atoms with Gasteiger partial charge < -0.3 is 10.6 Å². The molecule has 0 unspecified atom stereocenters. The number of carbonyl (C=O) groups is 1. The number of benzene rings is 3. The van der Waals surface area contributed by atoms with Crippen LogP contribution in [0.1, 0.15) is 0 Å². The Morgan fingerprint density at radius 2 is 1.14 bits per heavy atom. The van der Waals surface area contributed by atoms with Crippen molar-refractivity contribution in [1.82, 2.24) is 15.0 Å². The van der Waals surface area contributed by atoms with Crippen LogP contribution in [0.15, 0.2) is 91.0 Å². The minimum absolute atomic E-state index is 0.0430. The second kappa shape index (κ2) is 8.75. The summed E-state index contributed by atoms with van der Waals surface area (Å²) >= 11 is 0. The van der Waals surface area contributed by atoms with Gasteiger partial charge in [-0.05, 0) is 12.1 Å². The number of hydrogen-bond donors (Lipinski definition) is 2. The third kappa shape index (κ3) is 4.81. The van der Waals surface area contributed by atoms with Crippen LogP contribution in [-0.2, 0) is 4.79 Å². The molecule has 0 spiro atoms. The van der Waals surface area contributed by atoms with Crippen molar-refractivity contribution in [2.24, 2.45) is 0 Å². The summed E-state index contributed by atoms with van der Waals surface area (Å²) in [6, 6.07) is 28.7. The number of anilines is 2. The molecule has 1 heterocycles. The van der Waals surface area contributed by atoms with E-state index < -0.39 is 0 Å². The van der Waals surface area contributed by atoms with Crippen LogP contribution in [0.25, 0.3) is 22.8 Å². The first-order chi connectivity index (χ1) is 14.3. The van der Waals surface area contributed by atoms with E-state index in [9.17, 15) is 4.79 Å². The quantitative estimate of drug-likeness (QED) is 0.522. The summed E-state index contributed by atoms with van der Waals surface area (Å²) in [7, 11) is 0. The summed E-state index contributed by atoms with van der Waals surface area (Å²) in [5.74, 6) is 1.26. The van der Waals surface area contributed by atoms with E-state index in [0.29, 0.717) is 17.6 Å². The number of para-hydroxylation sites is 1. The molecule has 0 saturated carbocycles. The number of amides is 1. The zero-order chi connectivity index (χ0) is 19.9. The number of carbonyl (C=O) groups excluding carboxylic acids is 1. The molecule has 2 N–H and O–H groups in total. The Labute approximate surface area is 168 Å². The molecule has 0 fully saturated rings. The maximum Gasteiger partial charge on any atom is 0.243 e. The maximum atomic E-state index is 12.3. The van der Waals surface area contributed by atoms with Gasteiger partial charge in [-0.1, -0.05) is 78.9 Å². The minimum Gasteiger partial charge on any atom is -0.345 e. The van der Waals surface area contributed by atoms with Gasteiger partial charge in [0, 0.05) is 16.8 Å². The molecule has 0 saturated heterocycles. The molecule has 3 aromatic carbocycles. The Morgan fingerprint density at radius 3 is 1.66 bits per heavy atom. The molecule has 0 radical (unpaired) electrons. The molecule has 6 nitrogen and oxygen atoms in total. The van der Waals surface area contributed by atoms with Gasteiger partial charge in [-0.15, -0.1) is 0 Å². The van der Waals surface area contributed by atoms with Crippen LogP contribution in [0.3, 0.4) is 0 Å². The van der Waals surface area contributed by atoms with E-state index in [1.54, 1.807) is 0 Å². The van der Waals surface area contributed by atoms with E-state index in [0.717, 1.165) is 16.8 Å². The molecule has 29 heavy (non-hydrogen) atoms. The van der Waals surface area contributed by atoms with Gasteiger partial charge in [0.25, 0.3) is 0 Å². The van der Waals surface area contributed by atoms with E-state index >= 15 is 0 Å². The third-order valence-electron chi connectivity index (χ3n) is 4.16. The largest absolute Gasteiger partial charge is 0.345 e. The Kier molecular flexibility index (Phi) is 5.53. The lowest BCUT2D eigenvalue weighted by Gasteiger charge is -2.10. The summed E-state index contributed by atoms with van der Waals surface area (Å²) in [5.41, 5.74) is 2.50. The monoisotopic (exact) mass is 381 g/mol. The standard InChI is InChI=1S/C23H19N5O/c29-20(25-19-14-8-3-9-15-19)16-24-23-27-21(17-10-4-1-5-11-17)26-22(28-23)18-12-6-2-7-13-18/h1-15H,16H2,(H,25,29)(H,24,26,27,28). The number of hydrogen-bond acceptors (Lipinski definition) is 5. The first kappa shape index (κ1) is 18.3. The van der Waals surface area contributed by atoms with E-state index in [1.165, 1.54) is 0 Å². The molecule has 0 aliphatic heterocycles. The van der Waals surface area contributed by atoms with Crippen LogP contribution < -0.4 is 10.6 Å². The van der Waals surface area contributed by atoms with Crippen LogP contribution >= 0.6 is 0 Å². The highest BCUT2D eigenvalue weighted by atomic mass is 16.1. The normalized spacial score (nSPS) is 10.3. The van der Waals surface area contributed by atoms with Gasteiger partial charge in [-0.2, -0.15) is 9.97 Å². The predicted molar refractivity (Wildman–Crippen MR) is 114 cm³/mol. The number of nitrogens with zero attached hydrogens (tertiary/aromatic N) is 3. The van der Waals surface area contributed by atoms with E-state index in [2.05, 4.69) is 25.6 Å². The van der Waals surface area contributed by atoms with Crippen molar-refractivity contribution in [1.29, 1.82) is 0 Å². The average Bonchev–Trinajstić information content (AvgIpc) is 2.79. The Morgan fingerprint density at radius 1 is 0.655 bits per heavy atom. The summed E-state index contributed by atoms with van der Waals surface area (Å²) in [4.78, 5) is 25.8. The van der Waals surface area contributed by atoms with E-state index in [1.807, 2.05) is 91.0 Å². The summed E-state index contributed by atoms with van der Waals surface area (Å²) in [6.07, 6.45) is 0. The molecule has 1 amide bonds. The number of aromatic nitrogens is 3. The summed E-state index contributed by atoms with van der Waals surface area (Å²) in [5, 5.41) is 5.84. The lowest BCUT2D eigenvalue weighted by atomic mass is 10.2. The van der Waals surface area contributed by atoms with Gasteiger partial charge in [-0.3, -0.25) is 4.79 Å². The highest BCUT2D eigenvalue weighted by Crippen LogP contribution is 2.21. The molecule has 0 atom stereocenters. The van der Waals surface area contributed by atoms with Gasteiger partial charge in [-0.25, -0.2) is 4.98 Å². The molecular formula is C23H19N5O. The summed E-state index contributed by atoms with van der Waals surface area (Å²) in [6.45, 7) is 0.0430. The first-order valence-corrected chi connectivity index (χ1v) is 9.23. The van der Waals surface area contributed by atoms with Crippen LogP contribution in [0, 0.1) is 0 Å². The molecule has 1 aromatic heterocycles. The molecule has 6 heteroatoms. The van der Waals surface area contributed by atoms with Crippen molar-refractivity contribution in [3.05, 3.63) is 91.0 Å². The van der Waals surface area contributed by atoms with Crippen LogP contribution in [0.5, 0.6) is 0 Å². The fourth-order valence-corrected chi connectivity index (χ4v) is 2.77. The predicted octanol–water partition coefficient (Wildman–Crippen LogP) is 4.26. The van der Waals surface area contributed by atoms with Crippen molar-refractivity contribution in [2.75, 3.05) is 17.2 Å². The molecular weight excluding hydrogens is 362 g/mol. The van der Waals surface area contributed by atoms with E-state index in [4.69, 9.17) is 0 Å². The van der Waals surface area contributed by atoms with E-state index in [-0.39, 0.29) is 12.5 Å². The smallest absolute Gasteiger partial charge is 0.243 e. The molecule has 0 aliphatic carbocycles. The topological polar surface area (TPSA) is 79.8 Å². The summed E-state index contributed by atoms with van der Waals surface area (Å²) < 4.78 is 0. The van der Waals surface area contributed by atoms with Crippen LogP contribution in [0.2, 0.25) is 0 Å². The molecule has 4 rings (SSSR count). The highest BCUT2D eigenvalue weighted by Gasteiger charge is 2.11. The van der Waals surface area contributed by atoms with Crippen molar-refractivity contribution >= 4 is 17.5 Å². The fourth-order valence-electron chi connectivity index (χ4n) is 2.77. The lowest BCUT2D eigenvalue weighted by Crippen LogP contribution is -2.22. The molecule has 0 aliphatic rings. The highest BCUT2D eigenvalue weighted by molar-refractivity contribution is 5.93. The van der Waals surface area contributed by atoms with Crippen LogP contribution in [0.4, 0.5) is 11.6 Å². The van der Waals surface area contributed by atoms with Gasteiger partial charge in [0.2, 0.25) is 11.9 Å². The SMILES string of the molecule is O=C(CNc1nc(-c2ccccc2)nc(-c2ccccc2)n1)Nc1ccccc1. The fraction of sp³-hybridized carbons (Fsp3) is 0.0435. The third-order valence-corrected chi connectivity index (χ3v) is 4.16. The van der Waals surface area contributed by atoms with Gasteiger partial charge >= 0.3 is 0 Å². The Balaban J connectivity index is 1.58. The Hall–Kier alpha value is -4.06. The average molecular weight is 381 g/mol.